The van der Waals surface area contributed by atoms with E-state index in [1.54, 1.807) is 25.2 Å². The van der Waals surface area contributed by atoms with E-state index in [4.69, 9.17) is 14.2 Å². The van der Waals surface area contributed by atoms with Crippen LogP contribution in [0.3, 0.4) is 0 Å². The number of benzene rings is 1. The van der Waals surface area contributed by atoms with Crippen molar-refractivity contribution in [3.8, 4) is 11.5 Å². The zero-order valence-electron chi connectivity index (χ0n) is 15.7. The maximum absolute atomic E-state index is 12.1. The number of carbonyl (C=O) groups is 2. The fourth-order valence-electron chi connectivity index (χ4n) is 2.93. The van der Waals surface area contributed by atoms with E-state index in [0.29, 0.717) is 31.1 Å². The standard InChI is InChI=1S/C19H28N2O5/c1-14(22)21(13-16-5-4-10-26-16)9-8-19(23)20-12-15-6-7-17(24-2)18(11-15)25-3/h6-7,11,16H,4-5,8-10,12-13H2,1-3H3,(H,20,23). The Balaban J connectivity index is 1.79. The molecular formula is C19H28N2O5. The zero-order chi connectivity index (χ0) is 18.9. The Morgan fingerprint density at radius 2 is 2.04 bits per heavy atom. The number of hydrogen-bond acceptors (Lipinski definition) is 5. The minimum absolute atomic E-state index is 0.0341. The first-order valence-electron chi connectivity index (χ1n) is 8.88. The number of hydrogen-bond donors (Lipinski definition) is 1. The van der Waals surface area contributed by atoms with E-state index >= 15 is 0 Å². The summed E-state index contributed by atoms with van der Waals surface area (Å²) in [5.74, 6) is 1.14. The van der Waals surface area contributed by atoms with Gasteiger partial charge in [0.1, 0.15) is 0 Å². The van der Waals surface area contributed by atoms with Crippen molar-refractivity contribution in [2.45, 2.75) is 38.8 Å². The normalized spacial score (nSPS) is 16.2. The zero-order valence-corrected chi connectivity index (χ0v) is 15.7. The molecule has 1 unspecified atom stereocenters. The first-order valence-corrected chi connectivity index (χ1v) is 8.88. The van der Waals surface area contributed by atoms with Crippen molar-refractivity contribution in [2.24, 2.45) is 0 Å². The monoisotopic (exact) mass is 364 g/mol. The van der Waals surface area contributed by atoms with E-state index in [1.807, 2.05) is 12.1 Å². The minimum atomic E-state index is -0.0987. The molecule has 26 heavy (non-hydrogen) atoms. The van der Waals surface area contributed by atoms with Crippen molar-refractivity contribution in [3.63, 3.8) is 0 Å². The summed E-state index contributed by atoms with van der Waals surface area (Å²) in [5, 5.41) is 2.87. The second kappa shape index (κ2) is 10.0. The van der Waals surface area contributed by atoms with Crippen LogP contribution in [0, 0.1) is 0 Å². The molecule has 0 bridgehead atoms. The summed E-state index contributed by atoms with van der Waals surface area (Å²) in [6.07, 6.45) is 2.35. The molecule has 1 N–H and O–H groups in total. The SMILES string of the molecule is COc1ccc(CNC(=O)CCN(CC2CCCO2)C(C)=O)cc1OC. The van der Waals surface area contributed by atoms with Gasteiger partial charge in [0, 0.05) is 39.6 Å². The van der Waals surface area contributed by atoms with Crippen LogP contribution in [0.2, 0.25) is 0 Å². The number of ether oxygens (including phenoxy) is 3. The van der Waals surface area contributed by atoms with Crippen LogP contribution < -0.4 is 14.8 Å². The highest BCUT2D eigenvalue weighted by Gasteiger charge is 2.21. The lowest BCUT2D eigenvalue weighted by Crippen LogP contribution is -2.38. The van der Waals surface area contributed by atoms with Gasteiger partial charge in [-0.25, -0.2) is 0 Å². The first-order chi connectivity index (χ1) is 12.5. The fourth-order valence-corrected chi connectivity index (χ4v) is 2.93. The summed E-state index contributed by atoms with van der Waals surface area (Å²) in [5.41, 5.74) is 0.916. The molecule has 1 saturated heterocycles. The Morgan fingerprint density at radius 3 is 2.65 bits per heavy atom. The van der Waals surface area contributed by atoms with Gasteiger partial charge in [0.2, 0.25) is 11.8 Å². The van der Waals surface area contributed by atoms with Crippen LogP contribution in [-0.2, 0) is 20.9 Å². The molecule has 144 valence electrons. The van der Waals surface area contributed by atoms with Gasteiger partial charge >= 0.3 is 0 Å². The maximum atomic E-state index is 12.1. The van der Waals surface area contributed by atoms with Crippen LogP contribution in [0.5, 0.6) is 11.5 Å². The van der Waals surface area contributed by atoms with E-state index in [-0.39, 0.29) is 24.3 Å². The summed E-state index contributed by atoms with van der Waals surface area (Å²) in [4.78, 5) is 25.6. The number of carbonyl (C=O) groups excluding carboxylic acids is 2. The van der Waals surface area contributed by atoms with Crippen LogP contribution in [0.4, 0.5) is 0 Å². The molecule has 1 aromatic rings. The lowest BCUT2D eigenvalue weighted by atomic mass is 10.2. The second-order valence-corrected chi connectivity index (χ2v) is 6.32. The Kier molecular flexibility index (Phi) is 7.72. The number of methoxy groups -OCH3 is 2. The molecule has 1 fully saturated rings. The molecule has 0 aromatic heterocycles. The maximum Gasteiger partial charge on any atom is 0.222 e. The summed E-state index contributed by atoms with van der Waals surface area (Å²) < 4.78 is 16.0. The smallest absolute Gasteiger partial charge is 0.222 e. The quantitative estimate of drug-likeness (QED) is 0.722. The molecule has 7 heteroatoms. The molecule has 1 atom stereocenters. The van der Waals surface area contributed by atoms with Gasteiger partial charge in [-0.3, -0.25) is 9.59 Å². The number of rotatable bonds is 9. The van der Waals surface area contributed by atoms with Gasteiger partial charge in [-0.1, -0.05) is 6.07 Å². The highest BCUT2D eigenvalue weighted by atomic mass is 16.5. The molecule has 1 aliphatic heterocycles. The van der Waals surface area contributed by atoms with E-state index in [9.17, 15) is 9.59 Å². The molecule has 7 nitrogen and oxygen atoms in total. The van der Waals surface area contributed by atoms with Gasteiger partial charge in [0.15, 0.2) is 11.5 Å². The Labute approximate surface area is 154 Å². The third-order valence-electron chi connectivity index (χ3n) is 4.44. The average molecular weight is 364 g/mol. The molecule has 1 heterocycles. The number of amides is 2. The van der Waals surface area contributed by atoms with Crippen LogP contribution in [0.25, 0.3) is 0 Å². The van der Waals surface area contributed by atoms with Crippen molar-refractivity contribution in [1.29, 1.82) is 0 Å². The first kappa shape index (κ1) is 20.0. The second-order valence-electron chi connectivity index (χ2n) is 6.32. The average Bonchev–Trinajstić information content (AvgIpc) is 3.15. The Bertz CT molecular complexity index is 614. The molecule has 0 saturated carbocycles. The van der Waals surface area contributed by atoms with E-state index in [2.05, 4.69) is 5.32 Å². The third-order valence-corrected chi connectivity index (χ3v) is 4.44. The highest BCUT2D eigenvalue weighted by molar-refractivity contribution is 5.78. The molecule has 0 aliphatic carbocycles. The van der Waals surface area contributed by atoms with Gasteiger partial charge in [-0.15, -0.1) is 0 Å². The van der Waals surface area contributed by atoms with Crippen molar-refractivity contribution < 1.29 is 23.8 Å². The van der Waals surface area contributed by atoms with E-state index < -0.39 is 0 Å². The molecule has 2 amide bonds. The van der Waals surface area contributed by atoms with Crippen LogP contribution >= 0.6 is 0 Å². The van der Waals surface area contributed by atoms with Crippen molar-refractivity contribution in [2.75, 3.05) is 33.9 Å². The fraction of sp³-hybridized carbons (Fsp3) is 0.579. The third kappa shape index (κ3) is 5.91. The lowest BCUT2D eigenvalue weighted by molar-refractivity contribution is -0.131. The predicted octanol–water partition coefficient (Wildman–Crippen LogP) is 1.74. The molecular weight excluding hydrogens is 336 g/mol. The van der Waals surface area contributed by atoms with Crippen LogP contribution in [0.1, 0.15) is 31.7 Å². The van der Waals surface area contributed by atoms with Gasteiger partial charge in [-0.2, -0.15) is 0 Å². The molecule has 0 spiro atoms. The highest BCUT2D eigenvalue weighted by Crippen LogP contribution is 2.27. The number of nitrogens with one attached hydrogen (secondary N) is 1. The number of nitrogens with zero attached hydrogens (tertiary/aromatic N) is 1. The van der Waals surface area contributed by atoms with Crippen LogP contribution in [-0.4, -0.2) is 56.7 Å². The van der Waals surface area contributed by atoms with Gasteiger partial charge < -0.3 is 24.4 Å². The van der Waals surface area contributed by atoms with Crippen molar-refractivity contribution in [3.05, 3.63) is 23.8 Å². The van der Waals surface area contributed by atoms with E-state index in [0.717, 1.165) is 25.0 Å². The topological polar surface area (TPSA) is 77.1 Å². The summed E-state index contributed by atoms with van der Waals surface area (Å²) in [7, 11) is 3.15. The van der Waals surface area contributed by atoms with Gasteiger partial charge in [0.25, 0.3) is 0 Å². The van der Waals surface area contributed by atoms with Crippen LogP contribution in [0.15, 0.2) is 18.2 Å². The summed E-state index contributed by atoms with van der Waals surface area (Å²) >= 11 is 0. The molecule has 1 aliphatic rings. The molecule has 1 aromatic carbocycles. The molecule has 2 rings (SSSR count). The summed E-state index contributed by atoms with van der Waals surface area (Å²) in [6.45, 7) is 3.62. The Hall–Kier alpha value is -2.28. The van der Waals surface area contributed by atoms with Crippen molar-refractivity contribution in [1.82, 2.24) is 10.2 Å². The van der Waals surface area contributed by atoms with Gasteiger partial charge in [-0.05, 0) is 30.5 Å². The predicted molar refractivity (Wildman–Crippen MR) is 97.2 cm³/mol. The Morgan fingerprint density at radius 1 is 1.27 bits per heavy atom. The molecule has 0 radical (unpaired) electrons. The summed E-state index contributed by atoms with van der Waals surface area (Å²) in [6, 6.07) is 5.51. The lowest BCUT2D eigenvalue weighted by Gasteiger charge is -2.23. The van der Waals surface area contributed by atoms with Crippen molar-refractivity contribution >= 4 is 11.8 Å². The van der Waals surface area contributed by atoms with Gasteiger partial charge in [0.05, 0.1) is 20.3 Å². The largest absolute Gasteiger partial charge is 0.493 e. The van der Waals surface area contributed by atoms with E-state index in [1.165, 1.54) is 6.92 Å². The minimum Gasteiger partial charge on any atom is -0.493 e.